The Hall–Kier alpha value is -2.14. The lowest BCUT2D eigenvalue weighted by Crippen LogP contribution is -2.37. The smallest absolute Gasteiger partial charge is 0.254 e. The number of nitrogens with zero attached hydrogens (tertiary/aromatic N) is 3. The van der Waals surface area contributed by atoms with Crippen molar-refractivity contribution in [2.75, 3.05) is 6.54 Å². The van der Waals surface area contributed by atoms with Crippen molar-refractivity contribution in [1.82, 2.24) is 14.7 Å². The van der Waals surface area contributed by atoms with Crippen LogP contribution in [0.1, 0.15) is 42.1 Å². The number of benzene rings is 1. The highest BCUT2D eigenvalue weighted by Gasteiger charge is 2.30. The molecular weight excluding hydrogens is 290 g/mol. The van der Waals surface area contributed by atoms with Crippen molar-refractivity contribution < 1.29 is 9.90 Å². The van der Waals surface area contributed by atoms with Crippen LogP contribution in [0.25, 0.3) is 0 Å². The Labute approximate surface area is 136 Å². The van der Waals surface area contributed by atoms with Gasteiger partial charge in [0.1, 0.15) is 0 Å². The van der Waals surface area contributed by atoms with E-state index in [1.165, 1.54) is 0 Å². The summed E-state index contributed by atoms with van der Waals surface area (Å²) in [4.78, 5) is 14.6. The van der Waals surface area contributed by atoms with Gasteiger partial charge in [-0.25, -0.2) is 0 Å². The molecule has 1 fully saturated rings. The monoisotopic (exact) mass is 313 g/mol. The van der Waals surface area contributed by atoms with Crippen LogP contribution >= 0.6 is 0 Å². The van der Waals surface area contributed by atoms with Gasteiger partial charge in [-0.1, -0.05) is 12.1 Å². The molecule has 2 heterocycles. The Morgan fingerprint density at radius 2 is 2.17 bits per heavy atom. The van der Waals surface area contributed by atoms with Crippen LogP contribution < -0.4 is 0 Å². The summed E-state index contributed by atoms with van der Waals surface area (Å²) in [5.74, 6) is 0.0683. The van der Waals surface area contributed by atoms with Gasteiger partial charge in [-0.05, 0) is 49.9 Å². The Kier molecular flexibility index (Phi) is 4.76. The highest BCUT2D eigenvalue weighted by atomic mass is 16.3. The molecule has 3 rings (SSSR count). The summed E-state index contributed by atoms with van der Waals surface area (Å²) in [7, 11) is 0. The van der Waals surface area contributed by atoms with Crippen molar-refractivity contribution in [3.05, 3.63) is 53.9 Å². The maximum atomic E-state index is 12.7. The SMILES string of the molecule is CC(O)CC1CCCN1C(=O)c1ccc(Cn2cccn2)cc1. The van der Waals surface area contributed by atoms with Gasteiger partial charge in [0.25, 0.3) is 5.91 Å². The van der Waals surface area contributed by atoms with Gasteiger partial charge in [0.15, 0.2) is 0 Å². The zero-order chi connectivity index (χ0) is 16.2. The molecule has 122 valence electrons. The Morgan fingerprint density at radius 1 is 1.39 bits per heavy atom. The summed E-state index contributed by atoms with van der Waals surface area (Å²) in [6.07, 6.45) is 5.96. The van der Waals surface area contributed by atoms with Crippen LogP contribution in [0.2, 0.25) is 0 Å². The summed E-state index contributed by atoms with van der Waals surface area (Å²) in [6.45, 7) is 3.27. The second-order valence-corrected chi connectivity index (χ2v) is 6.28. The molecule has 0 aliphatic carbocycles. The van der Waals surface area contributed by atoms with Crippen LogP contribution in [0.4, 0.5) is 0 Å². The van der Waals surface area contributed by atoms with E-state index in [4.69, 9.17) is 0 Å². The van der Waals surface area contributed by atoms with Crippen molar-refractivity contribution in [2.45, 2.75) is 44.9 Å². The lowest BCUT2D eigenvalue weighted by molar-refractivity contribution is 0.0682. The largest absolute Gasteiger partial charge is 0.393 e. The summed E-state index contributed by atoms with van der Waals surface area (Å²) in [6, 6.07) is 9.79. The van der Waals surface area contributed by atoms with E-state index in [1.807, 2.05) is 46.1 Å². The molecule has 5 nitrogen and oxygen atoms in total. The fourth-order valence-electron chi connectivity index (χ4n) is 3.24. The molecule has 1 aromatic heterocycles. The lowest BCUT2D eigenvalue weighted by Gasteiger charge is -2.25. The molecule has 1 aliphatic rings. The summed E-state index contributed by atoms with van der Waals surface area (Å²) >= 11 is 0. The number of carbonyl (C=O) groups is 1. The average Bonchev–Trinajstić information content (AvgIpc) is 3.18. The number of hydrogen-bond acceptors (Lipinski definition) is 3. The first-order valence-corrected chi connectivity index (χ1v) is 8.19. The molecule has 1 aromatic carbocycles. The highest BCUT2D eigenvalue weighted by Crippen LogP contribution is 2.23. The summed E-state index contributed by atoms with van der Waals surface area (Å²) in [5, 5.41) is 13.8. The van der Waals surface area contributed by atoms with Crippen LogP contribution in [0.15, 0.2) is 42.7 Å². The molecule has 5 heteroatoms. The number of carbonyl (C=O) groups excluding carboxylic acids is 1. The second-order valence-electron chi connectivity index (χ2n) is 6.28. The molecule has 0 saturated carbocycles. The third-order valence-corrected chi connectivity index (χ3v) is 4.36. The van der Waals surface area contributed by atoms with Gasteiger partial charge in [-0.15, -0.1) is 0 Å². The fraction of sp³-hybridized carbons (Fsp3) is 0.444. The highest BCUT2D eigenvalue weighted by molar-refractivity contribution is 5.94. The zero-order valence-electron chi connectivity index (χ0n) is 13.4. The first-order valence-electron chi connectivity index (χ1n) is 8.19. The van der Waals surface area contributed by atoms with Crippen molar-refractivity contribution >= 4 is 5.91 Å². The van der Waals surface area contributed by atoms with Crippen LogP contribution in [-0.4, -0.2) is 44.4 Å². The van der Waals surface area contributed by atoms with E-state index in [1.54, 1.807) is 13.1 Å². The van der Waals surface area contributed by atoms with Gasteiger partial charge in [0, 0.05) is 30.5 Å². The predicted molar refractivity (Wildman–Crippen MR) is 88.1 cm³/mol. The molecule has 1 N–H and O–H groups in total. The van der Waals surface area contributed by atoms with Crippen LogP contribution in [0.5, 0.6) is 0 Å². The molecule has 0 spiro atoms. The standard InChI is InChI=1S/C18H23N3O2/c1-14(22)12-17-4-2-11-21(17)18(23)16-7-5-15(6-8-16)13-20-10-3-9-19-20/h3,5-10,14,17,22H,2,4,11-13H2,1H3. The number of aliphatic hydroxyl groups excluding tert-OH is 1. The van der Waals surface area contributed by atoms with E-state index >= 15 is 0 Å². The maximum Gasteiger partial charge on any atom is 0.254 e. The van der Waals surface area contributed by atoms with E-state index in [2.05, 4.69) is 5.10 Å². The Balaban J connectivity index is 1.67. The van der Waals surface area contributed by atoms with Crippen molar-refractivity contribution in [3.8, 4) is 0 Å². The number of rotatable bonds is 5. The van der Waals surface area contributed by atoms with E-state index < -0.39 is 0 Å². The molecule has 2 atom stereocenters. The first-order chi connectivity index (χ1) is 11.1. The topological polar surface area (TPSA) is 58.4 Å². The van der Waals surface area contributed by atoms with Gasteiger partial charge < -0.3 is 10.0 Å². The minimum absolute atomic E-state index is 0.0683. The normalized spacial score (nSPS) is 19.0. The maximum absolute atomic E-state index is 12.7. The van der Waals surface area contributed by atoms with Crippen molar-refractivity contribution in [1.29, 1.82) is 0 Å². The molecule has 0 bridgehead atoms. The van der Waals surface area contributed by atoms with Crippen molar-refractivity contribution in [2.24, 2.45) is 0 Å². The minimum Gasteiger partial charge on any atom is -0.393 e. The molecule has 1 aliphatic heterocycles. The van der Waals surface area contributed by atoms with Crippen LogP contribution in [0.3, 0.4) is 0 Å². The van der Waals surface area contributed by atoms with Crippen LogP contribution in [0, 0.1) is 0 Å². The molecule has 1 saturated heterocycles. The lowest BCUT2D eigenvalue weighted by atomic mass is 10.1. The summed E-state index contributed by atoms with van der Waals surface area (Å²) in [5.41, 5.74) is 1.83. The molecule has 0 radical (unpaired) electrons. The van der Waals surface area contributed by atoms with Crippen LogP contribution in [-0.2, 0) is 6.54 Å². The second kappa shape index (κ2) is 6.96. The number of likely N-dealkylation sites (tertiary alicyclic amines) is 1. The first kappa shape index (κ1) is 15.7. The van der Waals surface area contributed by atoms with Gasteiger partial charge in [-0.3, -0.25) is 9.48 Å². The summed E-state index contributed by atoms with van der Waals surface area (Å²) < 4.78 is 1.86. The number of aromatic nitrogens is 2. The number of aliphatic hydroxyl groups is 1. The third kappa shape index (κ3) is 3.79. The minimum atomic E-state index is -0.371. The predicted octanol–water partition coefficient (Wildman–Crippen LogP) is 2.31. The van der Waals surface area contributed by atoms with Crippen molar-refractivity contribution in [3.63, 3.8) is 0 Å². The van der Waals surface area contributed by atoms with E-state index in [0.29, 0.717) is 18.5 Å². The fourth-order valence-corrected chi connectivity index (χ4v) is 3.24. The van der Waals surface area contributed by atoms with Gasteiger partial charge in [-0.2, -0.15) is 5.10 Å². The molecule has 1 amide bonds. The van der Waals surface area contributed by atoms with Gasteiger partial charge in [0.05, 0.1) is 12.6 Å². The van der Waals surface area contributed by atoms with Gasteiger partial charge >= 0.3 is 0 Å². The number of amides is 1. The third-order valence-electron chi connectivity index (χ3n) is 4.36. The quantitative estimate of drug-likeness (QED) is 0.921. The number of hydrogen-bond donors (Lipinski definition) is 1. The molecule has 2 unspecified atom stereocenters. The molecule has 2 aromatic rings. The Morgan fingerprint density at radius 3 is 2.83 bits per heavy atom. The van der Waals surface area contributed by atoms with E-state index in [-0.39, 0.29) is 18.1 Å². The van der Waals surface area contributed by atoms with Gasteiger partial charge in [0.2, 0.25) is 0 Å². The van der Waals surface area contributed by atoms with E-state index in [9.17, 15) is 9.90 Å². The average molecular weight is 313 g/mol. The molecular formula is C18H23N3O2. The Bertz CT molecular complexity index is 635. The zero-order valence-corrected chi connectivity index (χ0v) is 13.4. The van der Waals surface area contributed by atoms with E-state index in [0.717, 1.165) is 24.9 Å². The molecule has 23 heavy (non-hydrogen) atoms.